The van der Waals surface area contributed by atoms with Crippen molar-refractivity contribution < 1.29 is 5.11 Å². The second-order valence-electron chi connectivity index (χ2n) is 2.59. The molecular weight excluding hydrogens is 158 g/mol. The Hall–Kier alpha value is -1.43. The third-order valence-electron chi connectivity index (χ3n) is 1.83. The molecule has 0 saturated heterocycles. The van der Waals surface area contributed by atoms with Crippen LogP contribution in [0.4, 0.5) is 0 Å². The Labute approximate surface area is 70.3 Å². The summed E-state index contributed by atoms with van der Waals surface area (Å²) in [6, 6.07) is 0. The monoisotopic (exact) mass is 171 g/mol. The molecule has 6 nitrogen and oxygen atoms in total. The van der Waals surface area contributed by atoms with Crippen LogP contribution < -0.4 is 17.2 Å². The summed E-state index contributed by atoms with van der Waals surface area (Å²) in [6.45, 7) is -0.134. The molecule has 12 heavy (non-hydrogen) atoms. The SMILES string of the molecule is CN1C(N)=C(N)C(N)=NC1CO. The summed E-state index contributed by atoms with van der Waals surface area (Å²) in [6.07, 6.45) is -0.419. The van der Waals surface area contributed by atoms with Crippen molar-refractivity contribution in [1.82, 2.24) is 4.90 Å². The normalized spacial score (nSPS) is 24.3. The van der Waals surface area contributed by atoms with Crippen LogP contribution in [0.1, 0.15) is 0 Å². The van der Waals surface area contributed by atoms with Gasteiger partial charge in [0.2, 0.25) is 0 Å². The molecule has 1 unspecified atom stereocenters. The van der Waals surface area contributed by atoms with Crippen molar-refractivity contribution in [3.63, 3.8) is 0 Å². The van der Waals surface area contributed by atoms with Crippen molar-refractivity contribution in [2.75, 3.05) is 13.7 Å². The van der Waals surface area contributed by atoms with E-state index in [9.17, 15) is 0 Å². The first-order valence-electron chi connectivity index (χ1n) is 3.50. The van der Waals surface area contributed by atoms with E-state index in [0.717, 1.165) is 0 Å². The van der Waals surface area contributed by atoms with E-state index in [4.69, 9.17) is 22.3 Å². The van der Waals surface area contributed by atoms with Crippen LogP contribution in [0.5, 0.6) is 0 Å². The van der Waals surface area contributed by atoms with Gasteiger partial charge < -0.3 is 27.2 Å². The van der Waals surface area contributed by atoms with Gasteiger partial charge >= 0.3 is 0 Å². The molecule has 1 aliphatic heterocycles. The number of likely N-dealkylation sites (N-methyl/N-ethyl adjacent to an activating group) is 1. The Bertz CT molecular complexity index is 246. The van der Waals surface area contributed by atoms with E-state index >= 15 is 0 Å². The summed E-state index contributed by atoms with van der Waals surface area (Å²) >= 11 is 0. The number of hydrogen-bond donors (Lipinski definition) is 4. The maximum Gasteiger partial charge on any atom is 0.147 e. The fourth-order valence-corrected chi connectivity index (χ4v) is 0.962. The third kappa shape index (κ3) is 1.16. The molecule has 0 spiro atoms. The number of aliphatic hydroxyl groups excluding tert-OH is 1. The Kier molecular flexibility index (Phi) is 2.09. The average Bonchev–Trinajstić information content (AvgIpc) is 2.08. The summed E-state index contributed by atoms with van der Waals surface area (Å²) in [7, 11) is 1.69. The Morgan fingerprint density at radius 2 is 2.08 bits per heavy atom. The lowest BCUT2D eigenvalue weighted by Gasteiger charge is -2.30. The number of rotatable bonds is 1. The molecule has 1 atom stereocenters. The minimum Gasteiger partial charge on any atom is -0.393 e. The molecule has 6 heteroatoms. The molecule has 0 aromatic carbocycles. The highest BCUT2D eigenvalue weighted by Crippen LogP contribution is 2.11. The Balaban J connectivity index is 2.97. The van der Waals surface area contributed by atoms with E-state index in [1.165, 1.54) is 0 Å². The van der Waals surface area contributed by atoms with E-state index in [1.807, 2.05) is 0 Å². The molecule has 0 amide bonds. The van der Waals surface area contributed by atoms with Crippen LogP contribution in [0, 0.1) is 0 Å². The van der Waals surface area contributed by atoms with E-state index in [1.54, 1.807) is 11.9 Å². The van der Waals surface area contributed by atoms with Gasteiger partial charge in [-0.2, -0.15) is 0 Å². The molecule has 0 saturated carbocycles. The summed E-state index contributed by atoms with van der Waals surface area (Å²) in [4.78, 5) is 5.50. The van der Waals surface area contributed by atoms with Gasteiger partial charge in [-0.15, -0.1) is 0 Å². The maximum absolute atomic E-state index is 8.86. The van der Waals surface area contributed by atoms with Gasteiger partial charge in [0.05, 0.1) is 6.61 Å². The van der Waals surface area contributed by atoms with Gasteiger partial charge in [0.25, 0.3) is 0 Å². The molecule has 0 bridgehead atoms. The molecule has 1 heterocycles. The largest absolute Gasteiger partial charge is 0.393 e. The first kappa shape index (κ1) is 8.66. The third-order valence-corrected chi connectivity index (χ3v) is 1.83. The van der Waals surface area contributed by atoms with Gasteiger partial charge in [0.1, 0.15) is 23.5 Å². The van der Waals surface area contributed by atoms with E-state index in [2.05, 4.69) is 4.99 Å². The van der Waals surface area contributed by atoms with Gasteiger partial charge in [-0.1, -0.05) is 0 Å². The number of aliphatic hydroxyl groups is 1. The van der Waals surface area contributed by atoms with Gasteiger partial charge in [0, 0.05) is 7.05 Å². The highest BCUT2D eigenvalue weighted by atomic mass is 16.3. The lowest BCUT2D eigenvalue weighted by molar-refractivity contribution is 0.175. The molecule has 0 fully saturated rings. The maximum atomic E-state index is 8.86. The van der Waals surface area contributed by atoms with Gasteiger partial charge in [0.15, 0.2) is 0 Å². The molecule has 1 aliphatic rings. The van der Waals surface area contributed by atoms with Crippen LogP contribution in [-0.4, -0.2) is 35.7 Å². The van der Waals surface area contributed by atoms with Crippen molar-refractivity contribution in [3.05, 3.63) is 11.5 Å². The molecule has 0 aromatic heterocycles. The van der Waals surface area contributed by atoms with Crippen molar-refractivity contribution in [1.29, 1.82) is 0 Å². The molecule has 1 rings (SSSR count). The predicted molar refractivity (Wildman–Crippen MR) is 45.7 cm³/mol. The van der Waals surface area contributed by atoms with Crippen molar-refractivity contribution in [2.24, 2.45) is 22.2 Å². The zero-order valence-electron chi connectivity index (χ0n) is 6.86. The minimum atomic E-state index is -0.419. The van der Waals surface area contributed by atoms with Crippen molar-refractivity contribution in [3.8, 4) is 0 Å². The fourth-order valence-electron chi connectivity index (χ4n) is 0.962. The number of nitrogens with zero attached hydrogens (tertiary/aromatic N) is 2. The average molecular weight is 171 g/mol. The van der Waals surface area contributed by atoms with Gasteiger partial charge in [-0.05, 0) is 0 Å². The lowest BCUT2D eigenvalue weighted by atomic mass is 10.3. The summed E-state index contributed by atoms with van der Waals surface area (Å²) in [5.41, 5.74) is 16.8. The van der Waals surface area contributed by atoms with Gasteiger partial charge in [-0.25, -0.2) is 4.99 Å². The summed E-state index contributed by atoms with van der Waals surface area (Å²) < 4.78 is 0. The number of amidine groups is 1. The topological polar surface area (TPSA) is 114 Å². The first-order valence-corrected chi connectivity index (χ1v) is 3.50. The standard InChI is InChI=1S/C6H13N5O/c1-11-3(2-12)10-5(8)4(7)6(11)9/h3,12H,2,7,9H2,1H3,(H2,8,10). The van der Waals surface area contributed by atoms with Crippen LogP contribution in [0.2, 0.25) is 0 Å². The molecule has 0 aliphatic carbocycles. The molecular formula is C6H13N5O. The summed E-state index contributed by atoms with van der Waals surface area (Å²) in [5, 5.41) is 8.86. The summed E-state index contributed by atoms with van der Waals surface area (Å²) in [5.74, 6) is 0.534. The minimum absolute atomic E-state index is 0.134. The quantitative estimate of drug-likeness (QED) is 0.354. The van der Waals surface area contributed by atoms with Crippen molar-refractivity contribution >= 4 is 5.84 Å². The van der Waals surface area contributed by atoms with E-state index in [-0.39, 0.29) is 18.1 Å². The highest BCUT2D eigenvalue weighted by molar-refractivity contribution is 5.97. The second kappa shape index (κ2) is 2.90. The van der Waals surface area contributed by atoms with Crippen LogP contribution in [0.3, 0.4) is 0 Å². The first-order chi connectivity index (χ1) is 5.57. The smallest absolute Gasteiger partial charge is 0.147 e. The fraction of sp³-hybridized carbons (Fsp3) is 0.500. The molecule has 0 aromatic rings. The van der Waals surface area contributed by atoms with Crippen LogP contribution in [-0.2, 0) is 0 Å². The van der Waals surface area contributed by atoms with Crippen LogP contribution >= 0.6 is 0 Å². The Morgan fingerprint density at radius 1 is 1.50 bits per heavy atom. The van der Waals surface area contributed by atoms with Crippen LogP contribution in [0.15, 0.2) is 16.5 Å². The number of hydrogen-bond acceptors (Lipinski definition) is 6. The number of aliphatic imine (C=N–C) groups is 1. The lowest BCUT2D eigenvalue weighted by Crippen LogP contribution is -2.45. The van der Waals surface area contributed by atoms with Crippen molar-refractivity contribution in [2.45, 2.75) is 6.17 Å². The van der Waals surface area contributed by atoms with Gasteiger partial charge in [-0.3, -0.25) is 0 Å². The zero-order valence-corrected chi connectivity index (χ0v) is 6.86. The Morgan fingerprint density at radius 3 is 2.58 bits per heavy atom. The number of nitrogens with two attached hydrogens (primary N) is 3. The highest BCUT2D eigenvalue weighted by Gasteiger charge is 2.22. The molecule has 68 valence electrons. The zero-order chi connectivity index (χ0) is 9.30. The molecule has 7 N–H and O–H groups in total. The van der Waals surface area contributed by atoms with Crippen LogP contribution in [0.25, 0.3) is 0 Å². The van der Waals surface area contributed by atoms with E-state index < -0.39 is 6.17 Å². The molecule has 0 radical (unpaired) electrons. The second-order valence-corrected chi connectivity index (χ2v) is 2.59. The predicted octanol–water partition coefficient (Wildman–Crippen LogP) is -2.31. The van der Waals surface area contributed by atoms with E-state index in [0.29, 0.717) is 5.82 Å².